The highest BCUT2D eigenvalue weighted by Crippen LogP contribution is 2.32. The van der Waals surface area contributed by atoms with Gasteiger partial charge < -0.3 is 9.52 Å². The van der Waals surface area contributed by atoms with E-state index in [0.29, 0.717) is 11.3 Å². The molecule has 3 aromatic rings. The van der Waals surface area contributed by atoms with Crippen molar-refractivity contribution in [2.75, 3.05) is 0 Å². The van der Waals surface area contributed by atoms with Crippen LogP contribution in [0.5, 0.6) is 0 Å². The molecule has 1 aromatic heterocycles. The van der Waals surface area contributed by atoms with Gasteiger partial charge in [0, 0.05) is 21.6 Å². The molecule has 0 amide bonds. The minimum atomic E-state index is -1.02. The maximum atomic E-state index is 11.3. The van der Waals surface area contributed by atoms with Crippen LogP contribution in [0.25, 0.3) is 11.0 Å². The first kappa shape index (κ1) is 13.8. The van der Waals surface area contributed by atoms with Crippen LogP contribution >= 0.6 is 11.8 Å². The van der Waals surface area contributed by atoms with Crippen LogP contribution in [0, 0.1) is 6.92 Å². The van der Waals surface area contributed by atoms with Gasteiger partial charge in [0.25, 0.3) is 0 Å². The molecule has 0 aliphatic rings. The maximum Gasteiger partial charge on any atom is 0.372 e. The van der Waals surface area contributed by atoms with Crippen molar-refractivity contribution >= 4 is 28.7 Å². The zero-order valence-electron chi connectivity index (χ0n) is 11.5. The quantitative estimate of drug-likeness (QED) is 0.707. The van der Waals surface area contributed by atoms with Crippen LogP contribution in [-0.2, 0) is 5.75 Å². The number of thioether (sulfide) groups is 1. The summed E-state index contributed by atoms with van der Waals surface area (Å²) in [5.74, 6) is -0.414. The molecule has 0 atom stereocenters. The molecular formula is C17H14O3S. The molecule has 0 bridgehead atoms. The molecule has 0 aliphatic heterocycles. The number of hydrogen-bond donors (Lipinski definition) is 1. The zero-order chi connectivity index (χ0) is 14.8. The molecule has 0 fully saturated rings. The zero-order valence-corrected chi connectivity index (χ0v) is 12.3. The smallest absolute Gasteiger partial charge is 0.372 e. The van der Waals surface area contributed by atoms with Gasteiger partial charge in [-0.3, -0.25) is 0 Å². The Morgan fingerprint density at radius 2 is 1.86 bits per heavy atom. The molecule has 1 N–H and O–H groups in total. The lowest BCUT2D eigenvalue weighted by atomic mass is 10.1. The van der Waals surface area contributed by atoms with Gasteiger partial charge in [-0.1, -0.05) is 35.9 Å². The van der Waals surface area contributed by atoms with Gasteiger partial charge in [-0.25, -0.2) is 4.79 Å². The number of hydrogen-bond acceptors (Lipinski definition) is 3. The summed E-state index contributed by atoms with van der Waals surface area (Å²) in [5, 5.41) is 10.2. The van der Waals surface area contributed by atoms with Gasteiger partial charge in [-0.15, -0.1) is 11.8 Å². The van der Waals surface area contributed by atoms with E-state index in [1.54, 1.807) is 17.8 Å². The number of para-hydroxylation sites is 1. The van der Waals surface area contributed by atoms with E-state index in [-0.39, 0.29) is 5.76 Å². The Bertz CT molecular complexity index is 787. The average molecular weight is 298 g/mol. The number of fused-ring (bicyclic) bond motifs is 1. The van der Waals surface area contributed by atoms with Crippen LogP contribution < -0.4 is 0 Å². The van der Waals surface area contributed by atoms with Gasteiger partial charge in [0.1, 0.15) is 5.58 Å². The van der Waals surface area contributed by atoms with Crippen LogP contribution in [0.2, 0.25) is 0 Å². The third kappa shape index (κ3) is 2.81. The number of rotatable bonds is 4. The molecule has 0 aliphatic carbocycles. The second-order valence-electron chi connectivity index (χ2n) is 4.81. The lowest BCUT2D eigenvalue weighted by molar-refractivity contribution is 0.0664. The normalized spacial score (nSPS) is 10.9. The number of carboxylic acids is 1. The summed E-state index contributed by atoms with van der Waals surface area (Å²) in [4.78, 5) is 12.5. The topological polar surface area (TPSA) is 50.4 Å². The van der Waals surface area contributed by atoms with Crippen molar-refractivity contribution in [3.8, 4) is 0 Å². The van der Waals surface area contributed by atoms with Crippen molar-refractivity contribution < 1.29 is 14.3 Å². The standard InChI is InChI=1S/C17H14O3S/c1-11-6-8-12(9-7-11)21-10-14-13-4-2-3-5-15(13)20-16(14)17(18)19/h2-9H,10H2,1H3,(H,18,19). The largest absolute Gasteiger partial charge is 0.475 e. The van der Waals surface area contributed by atoms with Crippen LogP contribution in [0.4, 0.5) is 0 Å². The Morgan fingerprint density at radius 1 is 1.14 bits per heavy atom. The fourth-order valence-corrected chi connectivity index (χ4v) is 3.13. The van der Waals surface area contributed by atoms with Gasteiger partial charge in [-0.05, 0) is 25.1 Å². The highest BCUT2D eigenvalue weighted by molar-refractivity contribution is 7.98. The van der Waals surface area contributed by atoms with E-state index in [1.807, 2.05) is 49.4 Å². The van der Waals surface area contributed by atoms with Crippen molar-refractivity contribution in [1.29, 1.82) is 0 Å². The Kier molecular flexibility index (Phi) is 3.71. The first-order chi connectivity index (χ1) is 10.1. The molecule has 4 heteroatoms. The van der Waals surface area contributed by atoms with E-state index in [1.165, 1.54) is 5.56 Å². The third-order valence-corrected chi connectivity index (χ3v) is 4.34. The molecule has 2 aromatic carbocycles. The molecule has 3 rings (SSSR count). The Morgan fingerprint density at radius 3 is 2.57 bits per heavy atom. The van der Waals surface area contributed by atoms with Gasteiger partial charge in [0.05, 0.1) is 0 Å². The summed E-state index contributed by atoms with van der Waals surface area (Å²) in [5.41, 5.74) is 2.57. The minimum Gasteiger partial charge on any atom is -0.475 e. The summed E-state index contributed by atoms with van der Waals surface area (Å²) in [6.45, 7) is 2.04. The number of aryl methyl sites for hydroxylation is 1. The second-order valence-corrected chi connectivity index (χ2v) is 5.86. The van der Waals surface area contributed by atoms with Crippen molar-refractivity contribution in [1.82, 2.24) is 0 Å². The summed E-state index contributed by atoms with van der Waals surface area (Å²) in [6.07, 6.45) is 0. The van der Waals surface area contributed by atoms with Gasteiger partial charge >= 0.3 is 5.97 Å². The first-order valence-corrected chi connectivity index (χ1v) is 7.57. The molecule has 0 unspecified atom stereocenters. The van der Waals surface area contributed by atoms with E-state index in [0.717, 1.165) is 15.8 Å². The summed E-state index contributed by atoms with van der Waals surface area (Å²) >= 11 is 1.61. The van der Waals surface area contributed by atoms with Crippen molar-refractivity contribution in [3.63, 3.8) is 0 Å². The summed E-state index contributed by atoms with van der Waals surface area (Å²) in [6, 6.07) is 15.6. The average Bonchev–Trinajstić information content (AvgIpc) is 2.86. The highest BCUT2D eigenvalue weighted by atomic mass is 32.2. The van der Waals surface area contributed by atoms with Crippen LogP contribution in [0.15, 0.2) is 57.8 Å². The Labute approximate surface area is 126 Å². The summed E-state index contributed by atoms with van der Waals surface area (Å²) < 4.78 is 5.46. The molecule has 0 saturated heterocycles. The molecular weight excluding hydrogens is 284 g/mol. The molecule has 3 nitrogen and oxygen atoms in total. The predicted octanol–water partition coefficient (Wildman–Crippen LogP) is 4.73. The number of benzene rings is 2. The monoisotopic (exact) mass is 298 g/mol. The van der Waals surface area contributed by atoms with Gasteiger partial charge in [0.2, 0.25) is 5.76 Å². The second kappa shape index (κ2) is 5.66. The van der Waals surface area contributed by atoms with Gasteiger partial charge in [0.15, 0.2) is 0 Å². The van der Waals surface area contributed by atoms with Gasteiger partial charge in [-0.2, -0.15) is 0 Å². The van der Waals surface area contributed by atoms with Crippen LogP contribution in [0.1, 0.15) is 21.7 Å². The van der Waals surface area contributed by atoms with E-state index in [4.69, 9.17) is 4.42 Å². The van der Waals surface area contributed by atoms with E-state index in [9.17, 15) is 9.90 Å². The number of carboxylic acid groups (broad SMARTS) is 1. The molecule has 1 heterocycles. The van der Waals surface area contributed by atoms with Crippen molar-refractivity contribution in [3.05, 3.63) is 65.4 Å². The lowest BCUT2D eigenvalue weighted by Crippen LogP contribution is -1.97. The van der Waals surface area contributed by atoms with Crippen molar-refractivity contribution in [2.45, 2.75) is 17.6 Å². The fraction of sp³-hybridized carbons (Fsp3) is 0.118. The highest BCUT2D eigenvalue weighted by Gasteiger charge is 2.19. The SMILES string of the molecule is Cc1ccc(SCc2c(C(=O)O)oc3ccccc23)cc1. The number of carbonyl (C=O) groups is 1. The minimum absolute atomic E-state index is 0.0378. The van der Waals surface area contributed by atoms with E-state index >= 15 is 0 Å². The Hall–Kier alpha value is -2.20. The number of furan rings is 1. The first-order valence-electron chi connectivity index (χ1n) is 6.58. The van der Waals surface area contributed by atoms with E-state index < -0.39 is 5.97 Å². The van der Waals surface area contributed by atoms with E-state index in [2.05, 4.69) is 0 Å². The molecule has 106 valence electrons. The maximum absolute atomic E-state index is 11.3. The predicted molar refractivity (Wildman–Crippen MR) is 83.9 cm³/mol. The fourth-order valence-electron chi connectivity index (χ4n) is 2.20. The summed E-state index contributed by atoms with van der Waals surface area (Å²) in [7, 11) is 0. The van der Waals surface area contributed by atoms with Crippen molar-refractivity contribution in [2.24, 2.45) is 0 Å². The van der Waals surface area contributed by atoms with Crippen LogP contribution in [-0.4, -0.2) is 11.1 Å². The molecule has 0 radical (unpaired) electrons. The third-order valence-electron chi connectivity index (χ3n) is 3.30. The Balaban J connectivity index is 1.93. The molecule has 0 spiro atoms. The van der Waals surface area contributed by atoms with Crippen LogP contribution in [0.3, 0.4) is 0 Å². The molecule has 21 heavy (non-hydrogen) atoms. The lowest BCUT2D eigenvalue weighted by Gasteiger charge is -2.02. The molecule has 0 saturated carbocycles. The number of aromatic carboxylic acids is 1.